The fraction of sp³-hybridized carbons (Fsp3) is 0.909. The van der Waals surface area contributed by atoms with Crippen LogP contribution in [0.15, 0.2) is 0 Å². The first-order valence-electron chi connectivity index (χ1n) is 6.14. The number of hydrogen-bond donors (Lipinski definition) is 0. The Labute approximate surface area is 101 Å². The third-order valence-corrected chi connectivity index (χ3v) is 5.47. The number of esters is 1. The van der Waals surface area contributed by atoms with Crippen molar-refractivity contribution in [3.05, 3.63) is 0 Å². The van der Waals surface area contributed by atoms with Crippen LogP contribution in [0.2, 0.25) is 19.4 Å². The van der Waals surface area contributed by atoms with E-state index in [1.54, 1.807) is 7.11 Å². The standard InChI is InChI=1S/C11H25BO3Si/c1-6-7-8-15-11(13)10(2)9-12-16(4,5)14-3/h10,12H,6-9H2,1-5H3. The lowest BCUT2D eigenvalue weighted by atomic mass is 9.91. The summed E-state index contributed by atoms with van der Waals surface area (Å²) in [6.45, 7) is 9.93. The van der Waals surface area contributed by atoms with Crippen LogP contribution in [0.25, 0.3) is 0 Å². The van der Waals surface area contributed by atoms with Crippen molar-refractivity contribution < 1.29 is 14.0 Å². The fourth-order valence-corrected chi connectivity index (χ4v) is 2.58. The van der Waals surface area contributed by atoms with Gasteiger partial charge in [0, 0.05) is 13.0 Å². The molecule has 0 amide bonds. The fourth-order valence-electron chi connectivity index (χ4n) is 1.24. The molecule has 94 valence electrons. The van der Waals surface area contributed by atoms with E-state index < -0.39 is 8.19 Å². The summed E-state index contributed by atoms with van der Waals surface area (Å²) < 4.78 is 10.6. The highest BCUT2D eigenvalue weighted by molar-refractivity contribution is 7.20. The van der Waals surface area contributed by atoms with Crippen molar-refractivity contribution in [2.24, 2.45) is 5.92 Å². The normalized spacial score (nSPS) is 13.3. The molecule has 1 unspecified atom stereocenters. The summed E-state index contributed by atoms with van der Waals surface area (Å²) in [7, 11) is 0.229. The van der Waals surface area contributed by atoms with Gasteiger partial charge >= 0.3 is 5.97 Å². The minimum Gasteiger partial charge on any atom is -0.465 e. The Morgan fingerprint density at radius 3 is 2.56 bits per heavy atom. The first-order chi connectivity index (χ1) is 7.43. The third kappa shape index (κ3) is 7.06. The summed E-state index contributed by atoms with van der Waals surface area (Å²) in [6, 6.07) is 0. The van der Waals surface area contributed by atoms with Gasteiger partial charge in [0.1, 0.15) is 15.1 Å². The predicted molar refractivity (Wildman–Crippen MR) is 71.5 cm³/mol. The molecular formula is C11H25BO3Si. The molecule has 0 aromatic heterocycles. The molecule has 0 fully saturated rings. The minimum atomic E-state index is -1.53. The van der Waals surface area contributed by atoms with E-state index in [0.29, 0.717) is 6.61 Å². The van der Waals surface area contributed by atoms with Gasteiger partial charge in [0.05, 0.1) is 6.61 Å². The molecule has 0 aliphatic carbocycles. The number of hydrogen-bond acceptors (Lipinski definition) is 3. The second-order valence-electron chi connectivity index (χ2n) is 4.92. The average Bonchev–Trinajstić information content (AvgIpc) is 2.26. The van der Waals surface area contributed by atoms with Crippen molar-refractivity contribution in [1.29, 1.82) is 0 Å². The molecule has 0 N–H and O–H groups in total. The Balaban J connectivity index is 3.79. The molecule has 0 aromatic rings. The lowest BCUT2D eigenvalue weighted by molar-refractivity contribution is -0.147. The van der Waals surface area contributed by atoms with Gasteiger partial charge in [-0.15, -0.1) is 0 Å². The maximum atomic E-state index is 11.6. The Morgan fingerprint density at radius 1 is 1.44 bits per heavy atom. The van der Waals surface area contributed by atoms with Crippen molar-refractivity contribution in [3.63, 3.8) is 0 Å². The van der Waals surface area contributed by atoms with Gasteiger partial charge in [-0.05, 0) is 6.42 Å². The van der Waals surface area contributed by atoms with E-state index in [-0.39, 0.29) is 11.9 Å². The molecule has 0 aliphatic heterocycles. The number of rotatable bonds is 8. The summed E-state index contributed by atoms with van der Waals surface area (Å²) in [5.41, 5.74) is 0. The van der Waals surface area contributed by atoms with Crippen molar-refractivity contribution in [1.82, 2.24) is 0 Å². The second-order valence-corrected chi connectivity index (χ2v) is 9.35. The summed E-state index contributed by atoms with van der Waals surface area (Å²) in [5.74, 6) is -0.0619. The second kappa shape index (κ2) is 7.90. The van der Waals surface area contributed by atoms with Crippen LogP contribution in [0.3, 0.4) is 0 Å². The highest BCUT2D eigenvalue weighted by Gasteiger charge is 2.25. The maximum absolute atomic E-state index is 11.6. The van der Waals surface area contributed by atoms with Gasteiger partial charge in [0.25, 0.3) is 0 Å². The van der Waals surface area contributed by atoms with Crippen molar-refractivity contribution in [2.75, 3.05) is 13.7 Å². The molecule has 0 heterocycles. The van der Waals surface area contributed by atoms with Crippen LogP contribution in [-0.2, 0) is 14.0 Å². The summed E-state index contributed by atoms with van der Waals surface area (Å²) in [6.07, 6.45) is 2.89. The van der Waals surface area contributed by atoms with Gasteiger partial charge in [-0.3, -0.25) is 4.79 Å². The quantitative estimate of drug-likeness (QED) is 0.373. The molecule has 0 rings (SSSR count). The summed E-state index contributed by atoms with van der Waals surface area (Å²) in [5, 5.41) is 0. The highest BCUT2D eigenvalue weighted by Crippen LogP contribution is 2.10. The van der Waals surface area contributed by atoms with Gasteiger partial charge in [0.2, 0.25) is 0 Å². The van der Waals surface area contributed by atoms with E-state index >= 15 is 0 Å². The van der Waals surface area contributed by atoms with E-state index in [1.807, 2.05) is 6.92 Å². The number of unbranched alkanes of at least 4 members (excludes halogenated alkanes) is 1. The van der Waals surface area contributed by atoms with E-state index in [2.05, 4.69) is 20.0 Å². The van der Waals surface area contributed by atoms with E-state index in [4.69, 9.17) is 9.16 Å². The topological polar surface area (TPSA) is 35.5 Å². The van der Waals surface area contributed by atoms with Crippen LogP contribution in [0.5, 0.6) is 0 Å². The zero-order valence-corrected chi connectivity index (χ0v) is 12.3. The van der Waals surface area contributed by atoms with Crippen LogP contribution in [0.1, 0.15) is 26.7 Å². The zero-order valence-electron chi connectivity index (χ0n) is 11.3. The molecule has 16 heavy (non-hydrogen) atoms. The molecule has 0 saturated heterocycles. The Bertz CT molecular complexity index is 209. The first-order valence-corrected chi connectivity index (χ1v) is 9.26. The molecule has 0 saturated carbocycles. The lowest BCUT2D eigenvalue weighted by Gasteiger charge is -2.20. The zero-order chi connectivity index (χ0) is 12.6. The number of carbonyl (C=O) groups excluding carboxylic acids is 1. The largest absolute Gasteiger partial charge is 0.465 e. The SMILES string of the molecule is CCCCOC(=O)C(C)CB[Si](C)(C)OC. The Kier molecular flexibility index (Phi) is 7.76. The van der Waals surface area contributed by atoms with Crippen LogP contribution in [-0.4, -0.2) is 34.7 Å². The Hall–Kier alpha value is -0.288. The molecule has 1 atom stereocenters. The van der Waals surface area contributed by atoms with Crippen molar-refractivity contribution >= 4 is 21.0 Å². The number of ether oxygens (including phenoxy) is 1. The van der Waals surface area contributed by atoms with Crippen LogP contribution < -0.4 is 0 Å². The molecule has 0 aromatic carbocycles. The summed E-state index contributed by atoms with van der Waals surface area (Å²) >= 11 is 0. The first kappa shape index (κ1) is 15.7. The van der Waals surface area contributed by atoms with Gasteiger partial charge in [-0.1, -0.05) is 39.7 Å². The van der Waals surface area contributed by atoms with E-state index in [9.17, 15) is 4.79 Å². The van der Waals surface area contributed by atoms with Gasteiger partial charge in [-0.25, -0.2) is 0 Å². The molecule has 0 aliphatic rings. The van der Waals surface area contributed by atoms with Crippen LogP contribution in [0, 0.1) is 5.92 Å². The smallest absolute Gasteiger partial charge is 0.307 e. The van der Waals surface area contributed by atoms with Gasteiger partial charge in [0.15, 0.2) is 0 Å². The molecule has 0 radical (unpaired) electrons. The minimum absolute atomic E-state index is 0.00113. The van der Waals surface area contributed by atoms with Crippen molar-refractivity contribution in [2.45, 2.75) is 46.1 Å². The monoisotopic (exact) mass is 244 g/mol. The van der Waals surface area contributed by atoms with Crippen LogP contribution in [0.4, 0.5) is 0 Å². The third-order valence-electron chi connectivity index (χ3n) is 2.88. The lowest BCUT2D eigenvalue weighted by Crippen LogP contribution is -2.38. The molecule has 3 nitrogen and oxygen atoms in total. The van der Waals surface area contributed by atoms with Gasteiger partial charge in [-0.2, -0.15) is 0 Å². The summed E-state index contributed by atoms with van der Waals surface area (Å²) in [4.78, 5) is 11.6. The maximum Gasteiger partial charge on any atom is 0.307 e. The molecule has 5 heteroatoms. The van der Waals surface area contributed by atoms with E-state index in [1.165, 1.54) is 0 Å². The average molecular weight is 244 g/mol. The number of carbonyl (C=O) groups is 1. The molecule has 0 bridgehead atoms. The van der Waals surface area contributed by atoms with Crippen molar-refractivity contribution in [3.8, 4) is 0 Å². The van der Waals surface area contributed by atoms with Gasteiger partial charge < -0.3 is 9.16 Å². The highest BCUT2D eigenvalue weighted by atomic mass is 28.3. The van der Waals surface area contributed by atoms with E-state index in [0.717, 1.165) is 26.0 Å². The Morgan fingerprint density at radius 2 is 2.06 bits per heavy atom. The predicted octanol–water partition coefficient (Wildman–Crippen LogP) is 2.17. The molecular weight excluding hydrogens is 219 g/mol. The van der Waals surface area contributed by atoms with Crippen LogP contribution >= 0.6 is 0 Å². The molecule has 0 spiro atoms.